The van der Waals surface area contributed by atoms with Gasteiger partial charge in [-0.1, -0.05) is 26.0 Å². The Hall–Kier alpha value is -1.82. The molecule has 0 saturated heterocycles. The summed E-state index contributed by atoms with van der Waals surface area (Å²) in [6.07, 6.45) is 1.77. The van der Waals surface area contributed by atoms with E-state index in [9.17, 15) is 4.79 Å². The molecule has 0 radical (unpaired) electrons. The number of nitrogens with zero attached hydrogens (tertiary/aromatic N) is 3. The van der Waals surface area contributed by atoms with E-state index in [2.05, 4.69) is 36.2 Å². The molecule has 1 aromatic heterocycles. The first-order valence-electron chi connectivity index (χ1n) is 8.33. The molecule has 1 aliphatic rings. The topological polar surface area (TPSA) is 57.0 Å². The second kappa shape index (κ2) is 6.97. The fourth-order valence-electron chi connectivity index (χ4n) is 2.45. The van der Waals surface area contributed by atoms with Gasteiger partial charge in [-0.3, -0.25) is 4.79 Å². The van der Waals surface area contributed by atoms with Crippen molar-refractivity contribution in [3.05, 3.63) is 35.7 Å². The van der Waals surface area contributed by atoms with Crippen molar-refractivity contribution in [3.8, 4) is 5.75 Å². The number of hydrogen-bond donors (Lipinski definition) is 0. The van der Waals surface area contributed by atoms with Gasteiger partial charge in [0.1, 0.15) is 5.75 Å². The molecule has 2 aromatic rings. The molecule has 0 N–H and O–H groups in total. The molecular formula is C18H23N3O2S. The maximum Gasteiger partial charge on any atom is 0.199 e. The van der Waals surface area contributed by atoms with Gasteiger partial charge in [0.2, 0.25) is 0 Å². The fraction of sp³-hybridized carbons (Fsp3) is 0.500. The predicted octanol–water partition coefficient (Wildman–Crippen LogP) is 4.11. The van der Waals surface area contributed by atoms with Gasteiger partial charge in [0.05, 0.1) is 0 Å². The highest BCUT2D eigenvalue weighted by Crippen LogP contribution is 2.36. The second-order valence-corrected chi connectivity index (χ2v) is 7.55. The van der Waals surface area contributed by atoms with Crippen molar-refractivity contribution in [2.75, 3.05) is 0 Å². The summed E-state index contributed by atoms with van der Waals surface area (Å²) in [5.74, 6) is 2.23. The van der Waals surface area contributed by atoms with Gasteiger partial charge in [-0.15, -0.1) is 10.2 Å². The molecule has 24 heavy (non-hydrogen) atoms. The van der Waals surface area contributed by atoms with Gasteiger partial charge >= 0.3 is 0 Å². The Bertz CT molecular complexity index is 720. The SMILES string of the molecule is CC(C)c1ccc(OC(C)c2nnc(SC(=O)C3CC3)n2C)cc1. The van der Waals surface area contributed by atoms with Crippen LogP contribution < -0.4 is 4.74 Å². The van der Waals surface area contributed by atoms with Crippen LogP contribution >= 0.6 is 11.8 Å². The van der Waals surface area contributed by atoms with Crippen LogP contribution in [0.5, 0.6) is 5.75 Å². The lowest BCUT2D eigenvalue weighted by molar-refractivity contribution is -0.112. The summed E-state index contributed by atoms with van der Waals surface area (Å²) in [6, 6.07) is 8.13. The zero-order valence-electron chi connectivity index (χ0n) is 14.5. The minimum absolute atomic E-state index is 0.190. The Morgan fingerprint density at radius 3 is 2.46 bits per heavy atom. The third-order valence-electron chi connectivity index (χ3n) is 4.19. The van der Waals surface area contributed by atoms with Crippen LogP contribution in [-0.4, -0.2) is 19.9 Å². The van der Waals surface area contributed by atoms with E-state index in [1.165, 1.54) is 17.3 Å². The van der Waals surface area contributed by atoms with Gasteiger partial charge < -0.3 is 9.30 Å². The third kappa shape index (κ3) is 3.80. The first-order chi connectivity index (χ1) is 11.5. The third-order valence-corrected chi connectivity index (χ3v) is 5.27. The Labute approximate surface area is 146 Å². The molecule has 1 fully saturated rings. The van der Waals surface area contributed by atoms with Crippen molar-refractivity contribution >= 4 is 16.9 Å². The average molecular weight is 345 g/mol. The van der Waals surface area contributed by atoms with E-state index in [-0.39, 0.29) is 17.1 Å². The molecule has 1 atom stereocenters. The number of ether oxygens (including phenoxy) is 1. The monoisotopic (exact) mass is 345 g/mol. The normalized spacial score (nSPS) is 15.5. The standard InChI is InChI=1S/C18H23N3O2S/c1-11(2)13-7-9-15(10-8-13)23-12(3)16-19-20-18(21(16)4)24-17(22)14-5-6-14/h7-12,14H,5-6H2,1-4H3. The van der Waals surface area contributed by atoms with E-state index >= 15 is 0 Å². The second-order valence-electron chi connectivity index (χ2n) is 6.58. The van der Waals surface area contributed by atoms with E-state index in [4.69, 9.17) is 4.74 Å². The number of thioether (sulfide) groups is 1. The van der Waals surface area contributed by atoms with Crippen LogP contribution in [0, 0.1) is 5.92 Å². The largest absolute Gasteiger partial charge is 0.483 e. The van der Waals surface area contributed by atoms with Crippen LogP contribution in [0.4, 0.5) is 0 Å². The Morgan fingerprint density at radius 1 is 1.21 bits per heavy atom. The number of carbonyl (C=O) groups excluding carboxylic acids is 1. The van der Waals surface area contributed by atoms with Crippen molar-refractivity contribution in [1.29, 1.82) is 0 Å². The number of carbonyl (C=O) groups is 1. The Morgan fingerprint density at radius 2 is 1.88 bits per heavy atom. The zero-order chi connectivity index (χ0) is 17.3. The van der Waals surface area contributed by atoms with E-state index in [0.29, 0.717) is 16.9 Å². The van der Waals surface area contributed by atoms with Gasteiger partial charge in [-0.2, -0.15) is 0 Å². The van der Waals surface area contributed by atoms with Crippen molar-refractivity contribution in [3.63, 3.8) is 0 Å². The smallest absolute Gasteiger partial charge is 0.199 e. The fourth-order valence-corrected chi connectivity index (χ4v) is 3.34. The van der Waals surface area contributed by atoms with Crippen LogP contribution in [0.2, 0.25) is 0 Å². The van der Waals surface area contributed by atoms with Crippen molar-refractivity contribution in [1.82, 2.24) is 14.8 Å². The first kappa shape index (κ1) is 17.0. The molecular weight excluding hydrogens is 322 g/mol. The van der Waals surface area contributed by atoms with Gasteiger partial charge in [0.25, 0.3) is 0 Å². The van der Waals surface area contributed by atoms with Crippen LogP contribution in [0.25, 0.3) is 0 Å². The molecule has 6 heteroatoms. The molecule has 5 nitrogen and oxygen atoms in total. The number of benzene rings is 1. The zero-order valence-corrected chi connectivity index (χ0v) is 15.3. The molecule has 0 aliphatic heterocycles. The Balaban J connectivity index is 1.67. The summed E-state index contributed by atoms with van der Waals surface area (Å²) in [6.45, 7) is 6.28. The summed E-state index contributed by atoms with van der Waals surface area (Å²) in [4.78, 5) is 11.9. The van der Waals surface area contributed by atoms with E-state index in [0.717, 1.165) is 18.6 Å². The summed E-state index contributed by atoms with van der Waals surface area (Å²) in [5, 5.41) is 9.17. The quantitative estimate of drug-likeness (QED) is 0.738. The molecule has 1 unspecified atom stereocenters. The predicted molar refractivity (Wildman–Crippen MR) is 94.2 cm³/mol. The van der Waals surface area contributed by atoms with Crippen molar-refractivity contribution < 1.29 is 9.53 Å². The van der Waals surface area contributed by atoms with Crippen LogP contribution in [0.15, 0.2) is 29.4 Å². The van der Waals surface area contributed by atoms with Crippen LogP contribution in [0.1, 0.15) is 57.0 Å². The Kier molecular flexibility index (Phi) is 4.94. The minimum Gasteiger partial charge on any atom is -0.483 e. The summed E-state index contributed by atoms with van der Waals surface area (Å²) >= 11 is 1.19. The lowest BCUT2D eigenvalue weighted by Gasteiger charge is -2.15. The number of rotatable bonds is 6. The lowest BCUT2D eigenvalue weighted by atomic mass is 10.0. The lowest BCUT2D eigenvalue weighted by Crippen LogP contribution is -2.10. The highest BCUT2D eigenvalue weighted by Gasteiger charge is 2.31. The maximum absolute atomic E-state index is 11.9. The summed E-state index contributed by atoms with van der Waals surface area (Å²) < 4.78 is 7.82. The molecule has 128 valence electrons. The number of aromatic nitrogens is 3. The minimum atomic E-state index is -0.238. The van der Waals surface area contributed by atoms with Gasteiger partial charge in [0, 0.05) is 13.0 Å². The highest BCUT2D eigenvalue weighted by atomic mass is 32.2. The van der Waals surface area contributed by atoms with Crippen LogP contribution in [-0.2, 0) is 11.8 Å². The molecule has 1 heterocycles. The maximum atomic E-state index is 11.9. The van der Waals surface area contributed by atoms with Crippen molar-refractivity contribution in [2.45, 2.75) is 50.8 Å². The van der Waals surface area contributed by atoms with Crippen molar-refractivity contribution in [2.24, 2.45) is 13.0 Å². The molecule has 0 bridgehead atoms. The molecule has 0 amide bonds. The molecule has 3 rings (SSSR count). The molecule has 1 aliphatic carbocycles. The van der Waals surface area contributed by atoms with E-state index < -0.39 is 0 Å². The number of hydrogen-bond acceptors (Lipinski definition) is 5. The molecule has 0 spiro atoms. The average Bonchev–Trinajstić information content (AvgIpc) is 3.34. The van der Waals surface area contributed by atoms with E-state index in [1.54, 1.807) is 0 Å². The molecule has 1 saturated carbocycles. The molecule has 1 aromatic carbocycles. The van der Waals surface area contributed by atoms with Gasteiger partial charge in [-0.25, -0.2) is 0 Å². The highest BCUT2D eigenvalue weighted by molar-refractivity contribution is 8.13. The first-order valence-corrected chi connectivity index (χ1v) is 9.15. The van der Waals surface area contributed by atoms with E-state index in [1.807, 2.05) is 30.7 Å². The summed E-state index contributed by atoms with van der Waals surface area (Å²) in [5.41, 5.74) is 1.28. The van der Waals surface area contributed by atoms with Gasteiger partial charge in [0.15, 0.2) is 22.2 Å². The van der Waals surface area contributed by atoms with Gasteiger partial charge in [-0.05, 0) is 55.1 Å². The van der Waals surface area contributed by atoms with Crippen LogP contribution in [0.3, 0.4) is 0 Å². The summed E-state index contributed by atoms with van der Waals surface area (Å²) in [7, 11) is 1.87.